The summed E-state index contributed by atoms with van der Waals surface area (Å²) in [6.07, 6.45) is -1.03. The zero-order chi connectivity index (χ0) is 18.8. The highest BCUT2D eigenvalue weighted by Gasteiger charge is 2.21. The van der Waals surface area contributed by atoms with Crippen LogP contribution in [0.5, 0.6) is 0 Å². The van der Waals surface area contributed by atoms with Crippen LogP contribution in [0.4, 0.5) is 0 Å². The van der Waals surface area contributed by atoms with E-state index in [0.717, 1.165) is 14.5 Å². The number of rotatable bonds is 4. The van der Waals surface area contributed by atoms with E-state index >= 15 is 0 Å². The standard InChI is InChI=1S/C19H14Br2N2O3/c1-10(18(22)24)26-19(25)14-9-16(11-5-3-2-4-6-11)23-17-13(14)7-12(20)8-15(17)21/h2-10H,1H3,(H2,22,24)/t10-/m0/s1. The normalized spacial score (nSPS) is 12.0. The van der Waals surface area contributed by atoms with Gasteiger partial charge in [-0.2, -0.15) is 0 Å². The first-order valence-electron chi connectivity index (χ1n) is 7.72. The van der Waals surface area contributed by atoms with E-state index in [1.807, 2.05) is 36.4 Å². The molecule has 0 saturated carbocycles. The number of carbonyl (C=O) groups is 2. The van der Waals surface area contributed by atoms with Crippen molar-refractivity contribution in [1.82, 2.24) is 4.98 Å². The molecule has 2 N–H and O–H groups in total. The van der Waals surface area contributed by atoms with Crippen molar-refractivity contribution in [2.75, 3.05) is 0 Å². The molecule has 0 unspecified atom stereocenters. The molecule has 2 aromatic carbocycles. The van der Waals surface area contributed by atoms with Gasteiger partial charge in [-0.15, -0.1) is 0 Å². The summed E-state index contributed by atoms with van der Waals surface area (Å²) in [6, 6.07) is 14.8. The van der Waals surface area contributed by atoms with E-state index in [2.05, 4.69) is 36.8 Å². The number of fused-ring (bicyclic) bond motifs is 1. The van der Waals surface area contributed by atoms with Crippen molar-refractivity contribution >= 4 is 54.6 Å². The minimum absolute atomic E-state index is 0.309. The number of hydrogen-bond donors (Lipinski definition) is 1. The summed E-state index contributed by atoms with van der Waals surface area (Å²) in [4.78, 5) is 28.6. The maximum absolute atomic E-state index is 12.7. The van der Waals surface area contributed by atoms with Gasteiger partial charge in [-0.25, -0.2) is 9.78 Å². The summed E-state index contributed by atoms with van der Waals surface area (Å²) in [5.41, 5.74) is 7.62. The summed E-state index contributed by atoms with van der Waals surface area (Å²) < 4.78 is 6.72. The maximum atomic E-state index is 12.7. The van der Waals surface area contributed by atoms with Crippen molar-refractivity contribution in [2.24, 2.45) is 5.73 Å². The number of benzene rings is 2. The summed E-state index contributed by atoms with van der Waals surface area (Å²) in [5.74, 6) is -1.34. The lowest BCUT2D eigenvalue weighted by Gasteiger charge is -2.13. The number of pyridine rings is 1. The summed E-state index contributed by atoms with van der Waals surface area (Å²) in [5, 5.41) is 0.604. The first-order chi connectivity index (χ1) is 12.4. The van der Waals surface area contributed by atoms with Crippen LogP contribution in [0.3, 0.4) is 0 Å². The fourth-order valence-electron chi connectivity index (χ4n) is 2.46. The lowest BCUT2D eigenvalue weighted by atomic mass is 10.0. The summed E-state index contributed by atoms with van der Waals surface area (Å²) in [6.45, 7) is 1.44. The molecule has 132 valence electrons. The van der Waals surface area contributed by atoms with E-state index in [9.17, 15) is 9.59 Å². The molecule has 0 saturated heterocycles. The molecule has 1 amide bonds. The molecule has 0 radical (unpaired) electrons. The molecule has 0 aliphatic rings. The smallest absolute Gasteiger partial charge is 0.339 e. The van der Waals surface area contributed by atoms with Crippen LogP contribution in [0.2, 0.25) is 0 Å². The first kappa shape index (κ1) is 18.5. The Hall–Kier alpha value is -2.25. The van der Waals surface area contributed by atoms with Crippen LogP contribution in [0.1, 0.15) is 17.3 Å². The van der Waals surface area contributed by atoms with Crippen LogP contribution in [0, 0.1) is 0 Å². The number of carbonyl (C=O) groups excluding carboxylic acids is 2. The second-order valence-electron chi connectivity index (χ2n) is 5.65. The van der Waals surface area contributed by atoms with Gasteiger partial charge >= 0.3 is 5.97 Å². The quantitative estimate of drug-likeness (QED) is 0.562. The Morgan fingerprint density at radius 2 is 1.81 bits per heavy atom. The predicted molar refractivity (Wildman–Crippen MR) is 107 cm³/mol. The van der Waals surface area contributed by atoms with Crippen LogP contribution in [0.15, 0.2) is 57.5 Å². The van der Waals surface area contributed by atoms with Crippen molar-refractivity contribution < 1.29 is 14.3 Å². The number of aromatic nitrogens is 1. The highest BCUT2D eigenvalue weighted by molar-refractivity contribution is 9.11. The van der Waals surface area contributed by atoms with E-state index in [1.54, 1.807) is 12.1 Å². The van der Waals surface area contributed by atoms with Crippen LogP contribution in [-0.2, 0) is 9.53 Å². The molecule has 3 aromatic rings. The minimum Gasteiger partial charge on any atom is -0.449 e. The molecular formula is C19H14Br2N2O3. The maximum Gasteiger partial charge on any atom is 0.339 e. The highest BCUT2D eigenvalue weighted by Crippen LogP contribution is 2.32. The number of nitrogens with two attached hydrogens (primary N) is 1. The van der Waals surface area contributed by atoms with Gasteiger partial charge in [-0.1, -0.05) is 46.3 Å². The Labute approximate surface area is 166 Å². The molecule has 1 atom stereocenters. The fraction of sp³-hybridized carbons (Fsp3) is 0.105. The third-order valence-corrected chi connectivity index (χ3v) is 4.87. The molecule has 5 nitrogen and oxygen atoms in total. The Balaban J connectivity index is 2.21. The SMILES string of the molecule is C[C@H](OC(=O)c1cc(-c2ccccc2)nc2c(Br)cc(Br)cc12)C(N)=O. The van der Waals surface area contributed by atoms with Gasteiger partial charge in [0.15, 0.2) is 6.10 Å². The molecule has 1 heterocycles. The third-order valence-electron chi connectivity index (χ3n) is 3.81. The zero-order valence-electron chi connectivity index (χ0n) is 13.7. The van der Waals surface area contributed by atoms with Gasteiger partial charge in [0, 0.05) is 19.9 Å². The molecule has 3 rings (SSSR count). The van der Waals surface area contributed by atoms with E-state index in [0.29, 0.717) is 22.2 Å². The Morgan fingerprint density at radius 1 is 1.12 bits per heavy atom. The van der Waals surface area contributed by atoms with Crippen molar-refractivity contribution in [2.45, 2.75) is 13.0 Å². The number of amides is 1. The van der Waals surface area contributed by atoms with Crippen LogP contribution >= 0.6 is 31.9 Å². The number of halogens is 2. The van der Waals surface area contributed by atoms with Crippen molar-refractivity contribution in [3.05, 3.63) is 63.0 Å². The fourth-order valence-corrected chi connectivity index (χ4v) is 3.77. The number of esters is 1. The Bertz CT molecular complexity index is 1010. The van der Waals surface area contributed by atoms with Gasteiger partial charge in [0.2, 0.25) is 0 Å². The van der Waals surface area contributed by atoms with Crippen LogP contribution in [-0.4, -0.2) is 23.0 Å². The number of nitrogens with zero attached hydrogens (tertiary/aromatic N) is 1. The molecule has 0 aliphatic carbocycles. The zero-order valence-corrected chi connectivity index (χ0v) is 16.9. The molecule has 0 spiro atoms. The monoisotopic (exact) mass is 476 g/mol. The van der Waals surface area contributed by atoms with Crippen molar-refractivity contribution in [3.8, 4) is 11.3 Å². The molecule has 0 aliphatic heterocycles. The second-order valence-corrected chi connectivity index (χ2v) is 7.42. The predicted octanol–water partition coefficient (Wildman–Crippen LogP) is 4.46. The third kappa shape index (κ3) is 3.78. The summed E-state index contributed by atoms with van der Waals surface area (Å²) >= 11 is 6.91. The van der Waals surface area contributed by atoms with Gasteiger partial charge in [-0.3, -0.25) is 4.79 Å². The molecule has 7 heteroatoms. The molecule has 0 bridgehead atoms. The van der Waals surface area contributed by atoms with E-state index in [-0.39, 0.29) is 0 Å². The van der Waals surface area contributed by atoms with Gasteiger partial charge in [0.25, 0.3) is 5.91 Å². The van der Waals surface area contributed by atoms with Gasteiger partial charge in [0.1, 0.15) is 0 Å². The number of ether oxygens (including phenoxy) is 1. The molecule has 1 aromatic heterocycles. The molecule has 0 fully saturated rings. The average molecular weight is 478 g/mol. The van der Waals surface area contributed by atoms with Crippen LogP contribution < -0.4 is 5.73 Å². The van der Waals surface area contributed by atoms with Crippen molar-refractivity contribution in [3.63, 3.8) is 0 Å². The highest BCUT2D eigenvalue weighted by atomic mass is 79.9. The van der Waals surface area contributed by atoms with E-state index in [4.69, 9.17) is 10.5 Å². The molecular weight excluding hydrogens is 464 g/mol. The lowest BCUT2D eigenvalue weighted by Crippen LogP contribution is -2.30. The van der Waals surface area contributed by atoms with E-state index in [1.165, 1.54) is 6.92 Å². The number of primary amides is 1. The Morgan fingerprint density at radius 3 is 2.46 bits per heavy atom. The van der Waals surface area contributed by atoms with Gasteiger partial charge in [0.05, 0.1) is 16.8 Å². The largest absolute Gasteiger partial charge is 0.449 e. The number of hydrogen-bond acceptors (Lipinski definition) is 4. The van der Waals surface area contributed by atoms with Crippen molar-refractivity contribution in [1.29, 1.82) is 0 Å². The first-order valence-corrected chi connectivity index (χ1v) is 9.31. The summed E-state index contributed by atoms with van der Waals surface area (Å²) in [7, 11) is 0. The Kier molecular flexibility index (Phi) is 5.38. The van der Waals surface area contributed by atoms with Gasteiger partial charge < -0.3 is 10.5 Å². The second kappa shape index (κ2) is 7.55. The van der Waals surface area contributed by atoms with Crippen LogP contribution in [0.25, 0.3) is 22.2 Å². The minimum atomic E-state index is -1.03. The van der Waals surface area contributed by atoms with Gasteiger partial charge in [-0.05, 0) is 41.1 Å². The topological polar surface area (TPSA) is 82.3 Å². The lowest BCUT2D eigenvalue weighted by molar-refractivity contribution is -0.125. The average Bonchev–Trinajstić information content (AvgIpc) is 2.61. The molecule has 26 heavy (non-hydrogen) atoms. The van der Waals surface area contributed by atoms with E-state index < -0.39 is 18.0 Å².